The van der Waals surface area contributed by atoms with Crippen LogP contribution in [0.5, 0.6) is 0 Å². The van der Waals surface area contributed by atoms with Crippen molar-refractivity contribution in [2.24, 2.45) is 0 Å². The standard InChI is InChI=1S/C29H47N3O6S/c1-8-9-10-11-12-13-16-32(27(35)23(19-39)31-28(36)38-29(4,5)6)25(26(34)30-18-24(33)37-7)22-15-14-20(2)17-21(22)3/h14-15,17,23,25,39H,8-13,16,18-19H2,1-7H3,(H,30,34)(H,31,36). The van der Waals surface area contributed by atoms with Crippen molar-refractivity contribution in [2.75, 3.05) is 26.0 Å². The first kappa shape index (κ1) is 34.3. The van der Waals surface area contributed by atoms with Crippen LogP contribution in [0.4, 0.5) is 4.79 Å². The molecule has 0 bridgehead atoms. The first-order valence-electron chi connectivity index (χ1n) is 13.7. The number of aryl methyl sites for hydroxylation is 2. The van der Waals surface area contributed by atoms with E-state index in [-0.39, 0.29) is 18.8 Å². The number of thiol groups is 1. The number of nitrogens with one attached hydrogen (secondary N) is 2. The summed E-state index contributed by atoms with van der Waals surface area (Å²) in [5.41, 5.74) is 1.73. The Hall–Kier alpha value is -2.75. The first-order chi connectivity index (χ1) is 18.3. The zero-order valence-electron chi connectivity index (χ0n) is 24.6. The number of benzene rings is 1. The van der Waals surface area contributed by atoms with Gasteiger partial charge in [-0.15, -0.1) is 0 Å². The molecule has 10 heteroatoms. The molecule has 0 radical (unpaired) electrons. The first-order valence-corrected chi connectivity index (χ1v) is 14.3. The molecule has 0 aliphatic rings. The Morgan fingerprint density at radius 2 is 1.67 bits per heavy atom. The van der Waals surface area contributed by atoms with Crippen molar-refractivity contribution in [3.05, 3.63) is 34.9 Å². The lowest BCUT2D eigenvalue weighted by Crippen LogP contribution is -2.54. The number of rotatable bonds is 15. The van der Waals surface area contributed by atoms with Gasteiger partial charge in [0.2, 0.25) is 11.8 Å². The predicted molar refractivity (Wildman–Crippen MR) is 156 cm³/mol. The summed E-state index contributed by atoms with van der Waals surface area (Å²) in [5.74, 6) is -1.56. The molecule has 0 saturated heterocycles. The second kappa shape index (κ2) is 17.0. The summed E-state index contributed by atoms with van der Waals surface area (Å²) in [6.07, 6.45) is 5.21. The number of carbonyl (C=O) groups excluding carboxylic acids is 4. The summed E-state index contributed by atoms with van der Waals surface area (Å²) in [6, 6.07) is 3.60. The Morgan fingerprint density at radius 3 is 2.23 bits per heavy atom. The molecular formula is C29H47N3O6S. The molecule has 1 aromatic carbocycles. The van der Waals surface area contributed by atoms with Gasteiger partial charge in [-0.2, -0.15) is 12.6 Å². The van der Waals surface area contributed by atoms with E-state index in [2.05, 4.69) is 34.9 Å². The van der Waals surface area contributed by atoms with Gasteiger partial charge >= 0.3 is 12.1 Å². The average Bonchev–Trinajstić information content (AvgIpc) is 2.86. The highest BCUT2D eigenvalue weighted by Crippen LogP contribution is 2.27. The number of ether oxygens (including phenoxy) is 2. The molecule has 0 aliphatic heterocycles. The number of hydrogen-bond donors (Lipinski definition) is 3. The molecule has 9 nitrogen and oxygen atoms in total. The highest BCUT2D eigenvalue weighted by molar-refractivity contribution is 7.80. The minimum Gasteiger partial charge on any atom is -0.468 e. The van der Waals surface area contributed by atoms with Crippen LogP contribution >= 0.6 is 12.6 Å². The predicted octanol–water partition coefficient (Wildman–Crippen LogP) is 4.65. The van der Waals surface area contributed by atoms with Crippen LogP contribution in [0.2, 0.25) is 0 Å². The Labute approximate surface area is 239 Å². The van der Waals surface area contributed by atoms with Crippen molar-refractivity contribution in [3.63, 3.8) is 0 Å². The van der Waals surface area contributed by atoms with Crippen LogP contribution in [-0.2, 0) is 23.9 Å². The van der Waals surface area contributed by atoms with E-state index >= 15 is 0 Å². The summed E-state index contributed by atoms with van der Waals surface area (Å²) in [6.45, 7) is 11.1. The maximum Gasteiger partial charge on any atom is 0.408 e. The SMILES string of the molecule is CCCCCCCCN(C(=O)C(CS)NC(=O)OC(C)(C)C)C(C(=O)NCC(=O)OC)c1ccc(C)cc1C. The van der Waals surface area contributed by atoms with E-state index in [9.17, 15) is 19.2 Å². The van der Waals surface area contributed by atoms with Gasteiger partial charge in [0.1, 0.15) is 24.2 Å². The molecule has 0 aromatic heterocycles. The van der Waals surface area contributed by atoms with Crippen LogP contribution in [0, 0.1) is 13.8 Å². The minimum atomic E-state index is -1.03. The molecule has 220 valence electrons. The molecule has 2 atom stereocenters. The Kier molecular flexibility index (Phi) is 15.0. The fourth-order valence-corrected chi connectivity index (χ4v) is 4.42. The summed E-state index contributed by atoms with van der Waals surface area (Å²) < 4.78 is 10.0. The van der Waals surface area contributed by atoms with Crippen molar-refractivity contribution < 1.29 is 28.7 Å². The van der Waals surface area contributed by atoms with Gasteiger partial charge in [-0.25, -0.2) is 4.79 Å². The fraction of sp³-hybridized carbons (Fsp3) is 0.655. The van der Waals surface area contributed by atoms with Gasteiger partial charge in [-0.1, -0.05) is 62.8 Å². The van der Waals surface area contributed by atoms with Gasteiger partial charge in [-0.05, 0) is 52.2 Å². The molecule has 39 heavy (non-hydrogen) atoms. The van der Waals surface area contributed by atoms with Gasteiger partial charge in [0.25, 0.3) is 0 Å². The van der Waals surface area contributed by atoms with Crippen molar-refractivity contribution >= 4 is 36.5 Å². The van der Waals surface area contributed by atoms with E-state index in [1.54, 1.807) is 20.8 Å². The summed E-state index contributed by atoms with van der Waals surface area (Å²) >= 11 is 4.33. The van der Waals surface area contributed by atoms with Crippen molar-refractivity contribution in [2.45, 2.75) is 97.8 Å². The van der Waals surface area contributed by atoms with E-state index in [4.69, 9.17) is 4.74 Å². The number of amides is 3. The normalized spacial score (nSPS) is 12.7. The van der Waals surface area contributed by atoms with Crippen molar-refractivity contribution in [3.8, 4) is 0 Å². The molecule has 2 N–H and O–H groups in total. The van der Waals surface area contributed by atoms with Crippen LogP contribution in [0.15, 0.2) is 18.2 Å². The molecule has 0 saturated carbocycles. The third kappa shape index (κ3) is 12.3. The number of esters is 1. The highest BCUT2D eigenvalue weighted by atomic mass is 32.1. The largest absolute Gasteiger partial charge is 0.468 e. The zero-order valence-corrected chi connectivity index (χ0v) is 25.5. The number of unbranched alkanes of at least 4 members (excludes halogenated alkanes) is 5. The van der Waals surface area contributed by atoms with Crippen molar-refractivity contribution in [1.82, 2.24) is 15.5 Å². The number of nitrogens with zero attached hydrogens (tertiary/aromatic N) is 1. The number of hydrogen-bond acceptors (Lipinski definition) is 7. The second-order valence-corrected chi connectivity index (χ2v) is 11.1. The molecule has 1 aromatic rings. The molecule has 1 rings (SSSR count). The highest BCUT2D eigenvalue weighted by Gasteiger charge is 2.36. The molecule has 0 spiro atoms. The Bertz CT molecular complexity index is 963. The van der Waals surface area contributed by atoms with Gasteiger partial charge < -0.3 is 25.0 Å². The van der Waals surface area contributed by atoms with Gasteiger partial charge in [-0.3, -0.25) is 14.4 Å². The van der Waals surface area contributed by atoms with E-state index in [0.717, 1.165) is 43.2 Å². The smallest absolute Gasteiger partial charge is 0.408 e. The van der Waals surface area contributed by atoms with Crippen LogP contribution in [0.3, 0.4) is 0 Å². The van der Waals surface area contributed by atoms with E-state index in [1.165, 1.54) is 12.0 Å². The maximum atomic E-state index is 14.0. The summed E-state index contributed by atoms with van der Waals surface area (Å²) in [5, 5.41) is 5.23. The second-order valence-electron chi connectivity index (χ2n) is 10.7. The van der Waals surface area contributed by atoms with Gasteiger partial charge in [0.15, 0.2) is 0 Å². The molecule has 2 unspecified atom stereocenters. The lowest BCUT2D eigenvalue weighted by atomic mass is 9.96. The van der Waals surface area contributed by atoms with Crippen LogP contribution in [0.25, 0.3) is 0 Å². The molecule has 0 aliphatic carbocycles. The number of carbonyl (C=O) groups is 4. The Morgan fingerprint density at radius 1 is 1.03 bits per heavy atom. The topological polar surface area (TPSA) is 114 Å². The van der Waals surface area contributed by atoms with Gasteiger partial charge in [0, 0.05) is 12.3 Å². The lowest BCUT2D eigenvalue weighted by Gasteiger charge is -2.35. The summed E-state index contributed by atoms with van der Waals surface area (Å²) in [7, 11) is 1.24. The minimum absolute atomic E-state index is 0.00839. The lowest BCUT2D eigenvalue weighted by molar-refractivity contribution is -0.144. The zero-order chi connectivity index (χ0) is 29.6. The van der Waals surface area contributed by atoms with E-state index < -0.39 is 41.6 Å². The summed E-state index contributed by atoms with van der Waals surface area (Å²) in [4.78, 5) is 53.4. The maximum absolute atomic E-state index is 14.0. The van der Waals surface area contributed by atoms with Crippen LogP contribution in [-0.4, -0.2) is 66.4 Å². The fourth-order valence-electron chi connectivity index (χ4n) is 4.18. The molecular weight excluding hydrogens is 518 g/mol. The van der Waals surface area contributed by atoms with Crippen molar-refractivity contribution in [1.29, 1.82) is 0 Å². The third-order valence-corrected chi connectivity index (χ3v) is 6.49. The number of methoxy groups -OCH3 is 1. The molecule has 3 amide bonds. The monoisotopic (exact) mass is 565 g/mol. The van der Waals surface area contributed by atoms with E-state index in [0.29, 0.717) is 12.0 Å². The van der Waals surface area contributed by atoms with Crippen LogP contribution < -0.4 is 10.6 Å². The molecule has 0 fully saturated rings. The van der Waals surface area contributed by atoms with Gasteiger partial charge in [0.05, 0.1) is 7.11 Å². The number of alkyl carbamates (subject to hydrolysis) is 1. The van der Waals surface area contributed by atoms with Crippen LogP contribution in [0.1, 0.15) is 89.0 Å². The van der Waals surface area contributed by atoms with E-state index in [1.807, 2.05) is 32.0 Å². The quantitative estimate of drug-likeness (QED) is 0.162. The third-order valence-electron chi connectivity index (χ3n) is 6.12. The average molecular weight is 566 g/mol. The Balaban J connectivity index is 3.41. The molecule has 0 heterocycles.